The number of hydrogen-bond acceptors (Lipinski definition) is 4. The van der Waals surface area contributed by atoms with Crippen molar-refractivity contribution in [2.75, 3.05) is 0 Å². The summed E-state index contributed by atoms with van der Waals surface area (Å²) in [7, 11) is 0. The van der Waals surface area contributed by atoms with Crippen LogP contribution in [0.3, 0.4) is 0 Å². The van der Waals surface area contributed by atoms with E-state index in [9.17, 15) is 9.18 Å². The number of halogens is 1. The van der Waals surface area contributed by atoms with Crippen molar-refractivity contribution < 1.29 is 4.39 Å². The van der Waals surface area contributed by atoms with Gasteiger partial charge in [-0.2, -0.15) is 5.10 Å². The number of aromatic amines is 1. The number of nitrogens with one attached hydrogen (secondary N) is 1. The molecule has 0 atom stereocenters. The van der Waals surface area contributed by atoms with Crippen molar-refractivity contribution >= 4 is 22.1 Å². The number of fused-ring (bicyclic) bond motifs is 2. The average Bonchev–Trinajstić information content (AvgIpc) is 3.11. The molecule has 0 spiro atoms. The Hall–Kier alpha value is -3.87. The van der Waals surface area contributed by atoms with Crippen molar-refractivity contribution in [3.05, 3.63) is 88.4 Å². The molecule has 5 aromatic rings. The Labute approximate surface area is 164 Å². The Bertz CT molecular complexity index is 1440. The molecule has 0 amide bonds. The van der Waals surface area contributed by atoms with Crippen molar-refractivity contribution in [3.63, 3.8) is 0 Å². The zero-order valence-electron chi connectivity index (χ0n) is 15.6. The number of H-pyrrole nitrogens is 1. The summed E-state index contributed by atoms with van der Waals surface area (Å²) in [5, 5.41) is 8.27. The van der Waals surface area contributed by atoms with E-state index in [1.165, 1.54) is 16.8 Å². The average molecular weight is 385 g/mol. The van der Waals surface area contributed by atoms with Gasteiger partial charge >= 0.3 is 0 Å². The summed E-state index contributed by atoms with van der Waals surface area (Å²) in [5.74, 6) is -0.381. The molecule has 5 rings (SSSR count). The summed E-state index contributed by atoms with van der Waals surface area (Å²) in [5.41, 5.74) is 4.57. The maximum atomic E-state index is 14.9. The third kappa shape index (κ3) is 2.97. The molecule has 142 valence electrons. The summed E-state index contributed by atoms with van der Waals surface area (Å²) in [6, 6.07) is 14.4. The van der Waals surface area contributed by atoms with Crippen molar-refractivity contribution in [2.45, 2.75) is 13.5 Å². The second-order valence-electron chi connectivity index (χ2n) is 6.92. The number of pyridine rings is 1. The van der Waals surface area contributed by atoms with Gasteiger partial charge in [-0.1, -0.05) is 24.3 Å². The van der Waals surface area contributed by atoms with Gasteiger partial charge in [0.1, 0.15) is 11.3 Å². The highest BCUT2D eigenvalue weighted by atomic mass is 19.1. The molecule has 0 radical (unpaired) electrons. The summed E-state index contributed by atoms with van der Waals surface area (Å²) < 4.78 is 16.3. The van der Waals surface area contributed by atoms with Gasteiger partial charge in [0.25, 0.3) is 5.56 Å². The molecule has 7 heteroatoms. The largest absolute Gasteiger partial charge is 0.285 e. The molecule has 0 fully saturated rings. The van der Waals surface area contributed by atoms with Crippen LogP contribution in [-0.4, -0.2) is 24.7 Å². The highest BCUT2D eigenvalue weighted by Gasteiger charge is 2.11. The molecule has 3 aromatic heterocycles. The van der Waals surface area contributed by atoms with Crippen molar-refractivity contribution in [3.8, 4) is 11.1 Å². The van der Waals surface area contributed by atoms with Gasteiger partial charge in [-0.25, -0.2) is 14.4 Å². The van der Waals surface area contributed by atoms with E-state index in [1.54, 1.807) is 24.4 Å². The normalized spacial score (nSPS) is 11.4. The molecule has 0 saturated carbocycles. The molecule has 3 heterocycles. The fourth-order valence-electron chi connectivity index (χ4n) is 3.50. The van der Waals surface area contributed by atoms with Crippen LogP contribution in [0.4, 0.5) is 4.39 Å². The number of rotatable bonds is 3. The minimum absolute atomic E-state index is 0.0819. The lowest BCUT2D eigenvalue weighted by Gasteiger charge is -2.10. The summed E-state index contributed by atoms with van der Waals surface area (Å²) in [6.45, 7) is 2.04. The monoisotopic (exact) mass is 385 g/mol. The van der Waals surface area contributed by atoms with Crippen LogP contribution in [0.2, 0.25) is 0 Å². The maximum absolute atomic E-state index is 14.9. The third-order valence-corrected chi connectivity index (χ3v) is 5.06. The first kappa shape index (κ1) is 17.2. The van der Waals surface area contributed by atoms with Gasteiger partial charge in [-0.15, -0.1) is 0 Å². The third-order valence-electron chi connectivity index (χ3n) is 5.06. The predicted molar refractivity (Wildman–Crippen MR) is 109 cm³/mol. The lowest BCUT2D eigenvalue weighted by atomic mass is 10.0. The standard InChI is InChI=1S/C22H16FN5O/c1-13-17-7-6-15(10-20(17)27-26-13)14-4-5-16(18(23)9-14)12-28-21(29)11-25-19-3-2-8-24-22(19)28/h2-11H,12H2,1H3,(H,26,27). The van der Waals surface area contributed by atoms with E-state index in [4.69, 9.17) is 0 Å². The van der Waals surface area contributed by atoms with Crippen LogP contribution in [0.15, 0.2) is 65.7 Å². The van der Waals surface area contributed by atoms with E-state index in [2.05, 4.69) is 20.2 Å². The van der Waals surface area contributed by atoms with Gasteiger partial charge in [0, 0.05) is 22.8 Å². The lowest BCUT2D eigenvalue weighted by molar-refractivity contribution is 0.599. The topological polar surface area (TPSA) is 76.5 Å². The molecule has 1 N–H and O–H groups in total. The molecule has 0 saturated heterocycles. The maximum Gasteiger partial charge on any atom is 0.270 e. The molecular weight excluding hydrogens is 369 g/mol. The fourth-order valence-corrected chi connectivity index (χ4v) is 3.50. The molecule has 0 bridgehead atoms. The van der Waals surface area contributed by atoms with Gasteiger partial charge in [0.05, 0.1) is 18.3 Å². The van der Waals surface area contributed by atoms with E-state index >= 15 is 0 Å². The Morgan fingerprint density at radius 2 is 1.86 bits per heavy atom. The highest BCUT2D eigenvalue weighted by molar-refractivity contribution is 5.86. The summed E-state index contributed by atoms with van der Waals surface area (Å²) in [4.78, 5) is 20.6. The summed E-state index contributed by atoms with van der Waals surface area (Å²) in [6.07, 6.45) is 2.82. The van der Waals surface area contributed by atoms with E-state index in [0.29, 0.717) is 16.7 Å². The van der Waals surface area contributed by atoms with E-state index in [-0.39, 0.29) is 17.9 Å². The smallest absolute Gasteiger partial charge is 0.270 e. The van der Waals surface area contributed by atoms with Crippen molar-refractivity contribution in [1.82, 2.24) is 24.7 Å². The molecule has 0 aliphatic rings. The minimum atomic E-state index is -0.381. The fraction of sp³-hybridized carbons (Fsp3) is 0.0909. The first-order valence-electron chi connectivity index (χ1n) is 9.14. The molecule has 6 nitrogen and oxygen atoms in total. The highest BCUT2D eigenvalue weighted by Crippen LogP contribution is 2.26. The van der Waals surface area contributed by atoms with Gasteiger partial charge < -0.3 is 0 Å². The van der Waals surface area contributed by atoms with Gasteiger partial charge in [-0.3, -0.25) is 14.5 Å². The van der Waals surface area contributed by atoms with Crippen LogP contribution in [0, 0.1) is 12.7 Å². The van der Waals surface area contributed by atoms with Crippen LogP contribution in [-0.2, 0) is 6.54 Å². The van der Waals surface area contributed by atoms with Crippen LogP contribution >= 0.6 is 0 Å². The minimum Gasteiger partial charge on any atom is -0.285 e. The van der Waals surface area contributed by atoms with Crippen molar-refractivity contribution in [1.29, 1.82) is 0 Å². The lowest BCUT2D eigenvalue weighted by Crippen LogP contribution is -2.22. The van der Waals surface area contributed by atoms with Crippen LogP contribution in [0.1, 0.15) is 11.3 Å². The first-order chi connectivity index (χ1) is 14.1. The molecule has 29 heavy (non-hydrogen) atoms. The second kappa shape index (κ2) is 6.63. The van der Waals surface area contributed by atoms with Gasteiger partial charge in [-0.05, 0) is 42.3 Å². The first-order valence-corrected chi connectivity index (χ1v) is 9.14. The predicted octanol–water partition coefficient (Wildman–Crippen LogP) is 3.83. The number of aromatic nitrogens is 5. The number of hydrogen-bond donors (Lipinski definition) is 1. The zero-order chi connectivity index (χ0) is 20.0. The number of nitrogens with zero attached hydrogens (tertiary/aromatic N) is 4. The Balaban J connectivity index is 1.53. The molecule has 2 aromatic carbocycles. The van der Waals surface area contributed by atoms with Crippen LogP contribution in [0.25, 0.3) is 33.2 Å². The van der Waals surface area contributed by atoms with E-state index in [0.717, 1.165) is 27.7 Å². The quantitative estimate of drug-likeness (QED) is 0.512. The Morgan fingerprint density at radius 3 is 2.72 bits per heavy atom. The molecular formula is C22H16FN5O. The number of aryl methyl sites for hydroxylation is 1. The molecule has 0 unspecified atom stereocenters. The van der Waals surface area contributed by atoms with E-state index < -0.39 is 0 Å². The van der Waals surface area contributed by atoms with Crippen LogP contribution < -0.4 is 5.56 Å². The second-order valence-corrected chi connectivity index (χ2v) is 6.92. The van der Waals surface area contributed by atoms with Gasteiger partial charge in [0.15, 0.2) is 5.65 Å². The molecule has 0 aliphatic heterocycles. The van der Waals surface area contributed by atoms with Gasteiger partial charge in [0.2, 0.25) is 0 Å². The Morgan fingerprint density at radius 1 is 1.03 bits per heavy atom. The van der Waals surface area contributed by atoms with Crippen LogP contribution in [0.5, 0.6) is 0 Å². The zero-order valence-corrected chi connectivity index (χ0v) is 15.6. The SMILES string of the molecule is Cc1[nH]nc2cc(-c3ccc(Cn4c(=O)cnc5cccnc54)c(F)c3)ccc12. The summed E-state index contributed by atoms with van der Waals surface area (Å²) >= 11 is 0. The van der Waals surface area contributed by atoms with E-state index in [1.807, 2.05) is 31.2 Å². The Kier molecular flexibility index (Phi) is 3.94. The van der Waals surface area contributed by atoms with Crippen molar-refractivity contribution in [2.24, 2.45) is 0 Å². The number of benzene rings is 2. The molecule has 0 aliphatic carbocycles.